The number of amides is 1. The van der Waals surface area contributed by atoms with E-state index in [4.69, 9.17) is 23.9 Å². The van der Waals surface area contributed by atoms with E-state index in [2.05, 4.69) is 21.9 Å². The molecule has 1 fully saturated rings. The number of carbonyl (C=O) groups excluding carboxylic acids is 1. The molecule has 41 heavy (non-hydrogen) atoms. The molecule has 1 saturated heterocycles. The minimum Gasteiger partial charge on any atom is -0.497 e. The highest BCUT2D eigenvalue weighted by Crippen LogP contribution is 2.38. The molecule has 3 aromatic carbocycles. The first-order chi connectivity index (χ1) is 19.9. The van der Waals surface area contributed by atoms with Gasteiger partial charge < -0.3 is 33.6 Å². The first-order valence-corrected chi connectivity index (χ1v) is 13.5. The molecule has 0 radical (unpaired) electrons. The van der Waals surface area contributed by atoms with E-state index in [1.807, 2.05) is 54.6 Å². The number of carbonyl (C=O) groups is 1. The normalized spacial score (nSPS) is 13.2. The molecule has 5 rings (SSSR count). The van der Waals surface area contributed by atoms with Crippen molar-refractivity contribution in [3.05, 3.63) is 77.9 Å². The van der Waals surface area contributed by atoms with Gasteiger partial charge in [0.05, 0.1) is 39.5 Å². The van der Waals surface area contributed by atoms with Crippen LogP contribution in [0.4, 0.5) is 11.5 Å². The van der Waals surface area contributed by atoms with Crippen molar-refractivity contribution in [1.82, 2.24) is 9.88 Å². The van der Waals surface area contributed by atoms with Crippen molar-refractivity contribution in [3.8, 4) is 23.0 Å². The summed E-state index contributed by atoms with van der Waals surface area (Å²) in [6.07, 6.45) is 0. The summed E-state index contributed by atoms with van der Waals surface area (Å²) in [6, 6.07) is 21.6. The fraction of sp³-hybridized carbons (Fsp3) is 0.312. The van der Waals surface area contributed by atoms with Gasteiger partial charge in [0, 0.05) is 50.8 Å². The number of aromatic nitrogens is 1. The lowest BCUT2D eigenvalue weighted by Gasteiger charge is -2.37. The number of ether oxygens (including phenoxy) is 4. The van der Waals surface area contributed by atoms with E-state index in [0.717, 1.165) is 54.2 Å². The number of piperazine rings is 1. The number of fused-ring (bicyclic) bond motifs is 1. The van der Waals surface area contributed by atoms with E-state index in [0.29, 0.717) is 29.4 Å². The molecule has 0 saturated carbocycles. The fourth-order valence-corrected chi connectivity index (χ4v) is 5.27. The summed E-state index contributed by atoms with van der Waals surface area (Å²) in [5.74, 6) is 3.18. The van der Waals surface area contributed by atoms with Gasteiger partial charge in [-0.05, 0) is 54.1 Å². The summed E-state index contributed by atoms with van der Waals surface area (Å²) in [5, 5.41) is 0.829. The Bertz CT molecular complexity index is 1490. The van der Waals surface area contributed by atoms with Crippen molar-refractivity contribution in [2.45, 2.75) is 6.54 Å². The second-order valence-electron chi connectivity index (χ2n) is 9.91. The van der Waals surface area contributed by atoms with Crippen LogP contribution in [0.25, 0.3) is 10.9 Å². The lowest BCUT2D eigenvalue weighted by atomic mass is 10.1. The van der Waals surface area contributed by atoms with Crippen LogP contribution < -0.4 is 28.7 Å². The molecule has 0 unspecified atom stereocenters. The zero-order valence-corrected chi connectivity index (χ0v) is 24.2. The third-order valence-corrected chi connectivity index (χ3v) is 7.47. The standard InChI is InChI=1S/C32H36N4O5/c1-34(21-22-18-28(39-3)31(41-5)29(19-22)40-4)32(37)26-20-30(33-27-9-7-6-8-25(26)27)36-16-14-35(15-17-36)23-10-12-24(38-2)13-11-23/h6-13,18-20H,14-17,21H2,1-5H3. The third kappa shape index (κ3) is 5.79. The number of hydrogen-bond donors (Lipinski definition) is 0. The first-order valence-electron chi connectivity index (χ1n) is 13.5. The van der Waals surface area contributed by atoms with Crippen molar-refractivity contribution in [3.63, 3.8) is 0 Å². The second kappa shape index (κ2) is 12.2. The topological polar surface area (TPSA) is 76.6 Å². The Morgan fingerprint density at radius 3 is 2.05 bits per heavy atom. The number of benzene rings is 3. The van der Waals surface area contributed by atoms with Gasteiger partial charge in [-0.15, -0.1) is 0 Å². The molecule has 0 N–H and O–H groups in total. The second-order valence-corrected chi connectivity index (χ2v) is 9.91. The van der Waals surface area contributed by atoms with Crippen molar-refractivity contribution in [2.75, 3.05) is 71.5 Å². The number of anilines is 2. The summed E-state index contributed by atoms with van der Waals surface area (Å²) < 4.78 is 21.7. The Balaban J connectivity index is 1.38. The van der Waals surface area contributed by atoms with E-state index >= 15 is 0 Å². The Kier molecular flexibility index (Phi) is 8.33. The molecule has 1 aromatic heterocycles. The van der Waals surface area contributed by atoms with Gasteiger partial charge in [0.15, 0.2) is 11.5 Å². The highest BCUT2D eigenvalue weighted by Gasteiger charge is 2.23. The third-order valence-electron chi connectivity index (χ3n) is 7.47. The molecule has 1 amide bonds. The molecule has 1 aliphatic heterocycles. The summed E-state index contributed by atoms with van der Waals surface area (Å²) in [4.78, 5) is 25.1. The van der Waals surface area contributed by atoms with Gasteiger partial charge in [0.2, 0.25) is 5.75 Å². The fourth-order valence-electron chi connectivity index (χ4n) is 5.27. The summed E-state index contributed by atoms with van der Waals surface area (Å²) >= 11 is 0. The zero-order chi connectivity index (χ0) is 28.9. The molecule has 214 valence electrons. The molecule has 9 heteroatoms. The number of para-hydroxylation sites is 1. The first kappa shape index (κ1) is 27.9. The molecule has 0 atom stereocenters. The van der Waals surface area contributed by atoms with Crippen molar-refractivity contribution in [2.24, 2.45) is 0 Å². The molecule has 0 aliphatic carbocycles. The Morgan fingerprint density at radius 2 is 1.44 bits per heavy atom. The monoisotopic (exact) mass is 556 g/mol. The molecule has 0 bridgehead atoms. The quantitative estimate of drug-likeness (QED) is 0.289. The van der Waals surface area contributed by atoms with E-state index in [9.17, 15) is 4.79 Å². The predicted octanol–water partition coefficient (Wildman–Crippen LogP) is 4.87. The van der Waals surface area contributed by atoms with Crippen molar-refractivity contribution >= 4 is 28.3 Å². The van der Waals surface area contributed by atoms with Crippen LogP contribution >= 0.6 is 0 Å². The summed E-state index contributed by atoms with van der Waals surface area (Å²) in [6.45, 7) is 3.66. The van der Waals surface area contributed by atoms with Gasteiger partial charge in [-0.3, -0.25) is 4.79 Å². The van der Waals surface area contributed by atoms with E-state index in [1.165, 1.54) is 5.69 Å². The Hall–Kier alpha value is -4.66. The molecule has 4 aromatic rings. The van der Waals surface area contributed by atoms with E-state index in [-0.39, 0.29) is 5.91 Å². The molecular formula is C32H36N4O5. The van der Waals surface area contributed by atoms with Gasteiger partial charge in [0.1, 0.15) is 11.6 Å². The zero-order valence-electron chi connectivity index (χ0n) is 24.2. The molecule has 1 aliphatic rings. The van der Waals surface area contributed by atoms with Crippen LogP contribution in [-0.2, 0) is 6.54 Å². The minimum absolute atomic E-state index is 0.0875. The van der Waals surface area contributed by atoms with Crippen LogP contribution in [0.15, 0.2) is 66.7 Å². The minimum atomic E-state index is -0.0875. The average molecular weight is 557 g/mol. The summed E-state index contributed by atoms with van der Waals surface area (Å²) in [7, 11) is 8.21. The number of hydrogen-bond acceptors (Lipinski definition) is 8. The van der Waals surface area contributed by atoms with Gasteiger partial charge in [-0.2, -0.15) is 0 Å². The van der Waals surface area contributed by atoms with Crippen LogP contribution in [0.1, 0.15) is 15.9 Å². The van der Waals surface area contributed by atoms with Gasteiger partial charge in [0.25, 0.3) is 5.91 Å². The van der Waals surface area contributed by atoms with E-state index in [1.54, 1.807) is 40.4 Å². The molecule has 0 spiro atoms. The lowest BCUT2D eigenvalue weighted by Crippen LogP contribution is -2.47. The molecular weight excluding hydrogens is 520 g/mol. The SMILES string of the molecule is COc1ccc(N2CCN(c3cc(C(=O)N(C)Cc4cc(OC)c(OC)c(OC)c4)c4ccccc4n3)CC2)cc1. The maximum atomic E-state index is 13.9. The number of nitrogens with zero attached hydrogens (tertiary/aromatic N) is 4. The highest BCUT2D eigenvalue weighted by molar-refractivity contribution is 6.07. The number of rotatable bonds is 9. The highest BCUT2D eigenvalue weighted by atomic mass is 16.5. The molecule has 9 nitrogen and oxygen atoms in total. The van der Waals surface area contributed by atoms with Crippen molar-refractivity contribution < 1.29 is 23.7 Å². The van der Waals surface area contributed by atoms with Crippen LogP contribution in [0.2, 0.25) is 0 Å². The van der Waals surface area contributed by atoms with Crippen LogP contribution in [0.3, 0.4) is 0 Å². The maximum absolute atomic E-state index is 13.9. The Labute approximate surface area is 240 Å². The maximum Gasteiger partial charge on any atom is 0.254 e. The van der Waals surface area contributed by atoms with E-state index < -0.39 is 0 Å². The largest absolute Gasteiger partial charge is 0.497 e. The summed E-state index contributed by atoms with van der Waals surface area (Å²) in [5.41, 5.74) is 3.45. The van der Waals surface area contributed by atoms with Crippen LogP contribution in [-0.4, -0.2) is 77.5 Å². The smallest absolute Gasteiger partial charge is 0.254 e. The van der Waals surface area contributed by atoms with Gasteiger partial charge in [-0.1, -0.05) is 18.2 Å². The lowest BCUT2D eigenvalue weighted by molar-refractivity contribution is 0.0786. The molecule has 2 heterocycles. The number of pyridine rings is 1. The van der Waals surface area contributed by atoms with Crippen LogP contribution in [0, 0.1) is 0 Å². The van der Waals surface area contributed by atoms with Crippen LogP contribution in [0.5, 0.6) is 23.0 Å². The van der Waals surface area contributed by atoms with Gasteiger partial charge in [-0.25, -0.2) is 4.98 Å². The Morgan fingerprint density at radius 1 is 0.805 bits per heavy atom. The number of methoxy groups -OCH3 is 4. The van der Waals surface area contributed by atoms with Crippen molar-refractivity contribution in [1.29, 1.82) is 0 Å². The average Bonchev–Trinajstić information content (AvgIpc) is 3.03. The predicted molar refractivity (Wildman–Crippen MR) is 161 cm³/mol. The van der Waals surface area contributed by atoms with Gasteiger partial charge >= 0.3 is 0 Å².